The Labute approximate surface area is 121 Å². The van der Waals surface area contributed by atoms with E-state index in [0.29, 0.717) is 0 Å². The van der Waals surface area contributed by atoms with Crippen LogP contribution in [0.1, 0.15) is 0 Å². The molecule has 0 aromatic heterocycles. The topological polar surface area (TPSA) is 58.9 Å². The quantitative estimate of drug-likeness (QED) is 0.375. The molecule has 0 N–H and O–H groups in total. The molecule has 0 saturated carbocycles. The number of rotatable bonds is 3. The molecule has 20 heavy (non-hydrogen) atoms. The maximum absolute atomic E-state index is 9.32. The van der Waals surface area contributed by atoms with Gasteiger partial charge in [-0.3, -0.25) is 0 Å². The van der Waals surface area contributed by atoms with E-state index in [-0.39, 0.29) is 0 Å². The Morgan fingerprint density at radius 3 is 1.40 bits per heavy atom. The Morgan fingerprint density at radius 1 is 0.750 bits per heavy atom. The summed E-state index contributed by atoms with van der Waals surface area (Å²) in [6, 6.07) is 20.8. The van der Waals surface area contributed by atoms with Crippen LogP contribution in [0, 0.1) is 0 Å². The van der Waals surface area contributed by atoms with Crippen molar-refractivity contribution in [3.63, 3.8) is 0 Å². The van der Waals surface area contributed by atoms with Crippen LogP contribution in [0.2, 0.25) is 0 Å². The molecular formula is C15H11ClN2O2. The van der Waals surface area contributed by atoms with Crippen molar-refractivity contribution in [2.45, 2.75) is 5.62 Å². The minimum absolute atomic E-state index is 1.12. The highest BCUT2D eigenvalue weighted by Gasteiger charge is 1.92. The summed E-state index contributed by atoms with van der Waals surface area (Å²) in [5.74, 6) is 0. The minimum atomic E-state index is -1.16. The van der Waals surface area contributed by atoms with Crippen molar-refractivity contribution in [1.82, 2.24) is 0 Å². The van der Waals surface area contributed by atoms with Gasteiger partial charge in [-0.2, -0.15) is 9.98 Å². The van der Waals surface area contributed by atoms with E-state index in [4.69, 9.17) is 11.6 Å². The Kier molecular flexibility index (Phi) is 7.33. The molecule has 0 saturated heterocycles. The van der Waals surface area contributed by atoms with Gasteiger partial charge in [0.15, 0.2) is 0 Å². The molecule has 0 amide bonds. The van der Waals surface area contributed by atoms with Gasteiger partial charge in [-0.1, -0.05) is 72.3 Å². The van der Waals surface area contributed by atoms with Crippen LogP contribution in [0.4, 0.5) is 0 Å². The molecule has 0 fully saturated rings. The number of halogens is 1. The van der Waals surface area contributed by atoms with E-state index >= 15 is 0 Å². The lowest BCUT2D eigenvalue weighted by molar-refractivity contribution is 0.558. The van der Waals surface area contributed by atoms with Crippen molar-refractivity contribution in [2.24, 2.45) is 9.98 Å². The van der Waals surface area contributed by atoms with E-state index in [2.05, 4.69) is 58.5 Å². The fourth-order valence-corrected chi connectivity index (χ4v) is 1.46. The molecule has 0 heterocycles. The molecule has 4 nitrogen and oxygen atoms in total. The Morgan fingerprint density at radius 2 is 1.10 bits per heavy atom. The molecule has 0 bridgehead atoms. The van der Waals surface area contributed by atoms with Gasteiger partial charge < -0.3 is 0 Å². The summed E-state index contributed by atoms with van der Waals surface area (Å²) in [5, 5.41) is 0. The Hall–Kier alpha value is -2.51. The smallest absolute Gasteiger partial charge is 0.211 e. The molecule has 0 radical (unpaired) electrons. The van der Waals surface area contributed by atoms with Gasteiger partial charge in [-0.15, -0.1) is 0 Å². The van der Waals surface area contributed by atoms with Crippen molar-refractivity contribution in [1.29, 1.82) is 0 Å². The van der Waals surface area contributed by atoms with E-state index in [1.807, 2.05) is 12.1 Å². The molecule has 0 spiro atoms. The maximum atomic E-state index is 9.32. The first-order chi connectivity index (χ1) is 9.77. The highest BCUT2D eigenvalue weighted by atomic mass is 35.5. The molecule has 2 aromatic carbocycles. The fourth-order valence-electron chi connectivity index (χ4n) is 1.38. The number of hydrogen-bond donors (Lipinski definition) is 0. The Bertz CT molecular complexity index is 549. The second-order valence-corrected chi connectivity index (χ2v) is 3.87. The zero-order valence-corrected chi connectivity index (χ0v) is 11.2. The average Bonchev–Trinajstić information content (AvgIpc) is 2.50. The van der Waals surface area contributed by atoms with E-state index in [0.717, 1.165) is 12.2 Å². The molecule has 5 heteroatoms. The second-order valence-electron chi connectivity index (χ2n) is 3.48. The van der Waals surface area contributed by atoms with Crippen LogP contribution >= 0.6 is 11.6 Å². The van der Waals surface area contributed by atoms with Crippen molar-refractivity contribution in [2.75, 3.05) is 0 Å². The van der Waals surface area contributed by atoms with Gasteiger partial charge in [0.05, 0.1) is 0 Å². The van der Waals surface area contributed by atoms with Crippen LogP contribution in [0.15, 0.2) is 70.6 Å². The molecular weight excluding hydrogens is 276 g/mol. The number of nitrogens with zero attached hydrogens (tertiary/aromatic N) is 2. The average molecular weight is 287 g/mol. The third kappa shape index (κ3) is 5.89. The van der Waals surface area contributed by atoms with Crippen LogP contribution in [0.3, 0.4) is 0 Å². The van der Waals surface area contributed by atoms with E-state index in [1.54, 1.807) is 0 Å². The normalized spacial score (nSPS) is 10.1. The first-order valence-electron chi connectivity index (χ1n) is 5.66. The van der Waals surface area contributed by atoms with Crippen LogP contribution in [0.25, 0.3) is 11.1 Å². The van der Waals surface area contributed by atoms with Gasteiger partial charge in [0.2, 0.25) is 17.8 Å². The third-order valence-electron chi connectivity index (χ3n) is 2.20. The largest absolute Gasteiger partial charge is 0.238 e. The SMILES string of the molecule is O=C=NC(Cl)N=C=O.c1ccc(-c2ccccc2)cc1. The van der Waals surface area contributed by atoms with Crippen molar-refractivity contribution in [3.8, 4) is 11.1 Å². The minimum Gasteiger partial charge on any atom is -0.211 e. The number of carbonyl (C=O) groups excluding carboxylic acids is 2. The number of hydrogen-bond acceptors (Lipinski definition) is 4. The van der Waals surface area contributed by atoms with Gasteiger partial charge in [-0.25, -0.2) is 9.59 Å². The zero-order valence-electron chi connectivity index (χ0n) is 10.4. The van der Waals surface area contributed by atoms with Crippen LogP contribution in [-0.2, 0) is 9.59 Å². The van der Waals surface area contributed by atoms with E-state index in [9.17, 15) is 9.59 Å². The molecule has 0 unspecified atom stereocenters. The number of aliphatic imine (C=N–C) groups is 2. The summed E-state index contributed by atoms with van der Waals surface area (Å²) in [4.78, 5) is 24.3. The van der Waals surface area contributed by atoms with Gasteiger partial charge in [0.25, 0.3) is 0 Å². The fraction of sp³-hybridized carbons (Fsp3) is 0.0667. The zero-order chi connectivity index (χ0) is 14.6. The van der Waals surface area contributed by atoms with Gasteiger partial charge >= 0.3 is 0 Å². The first kappa shape index (κ1) is 15.5. The van der Waals surface area contributed by atoms with Gasteiger partial charge in [0.1, 0.15) is 0 Å². The molecule has 0 aliphatic rings. The lowest BCUT2D eigenvalue weighted by Crippen LogP contribution is -1.83. The van der Waals surface area contributed by atoms with Crippen molar-refractivity contribution >= 4 is 23.8 Å². The highest BCUT2D eigenvalue weighted by molar-refractivity contribution is 6.20. The number of benzene rings is 2. The highest BCUT2D eigenvalue weighted by Crippen LogP contribution is 2.17. The molecule has 2 rings (SSSR count). The number of alkyl halides is 1. The molecule has 0 aliphatic heterocycles. The summed E-state index contributed by atoms with van der Waals surface area (Å²) >= 11 is 5.02. The second kappa shape index (κ2) is 9.42. The van der Waals surface area contributed by atoms with Crippen molar-refractivity contribution in [3.05, 3.63) is 60.7 Å². The summed E-state index contributed by atoms with van der Waals surface area (Å²) < 4.78 is 0. The van der Waals surface area contributed by atoms with Crippen LogP contribution in [0.5, 0.6) is 0 Å². The summed E-state index contributed by atoms with van der Waals surface area (Å²) in [6.07, 6.45) is 2.25. The monoisotopic (exact) mass is 286 g/mol. The predicted molar refractivity (Wildman–Crippen MR) is 77.8 cm³/mol. The first-order valence-corrected chi connectivity index (χ1v) is 6.10. The summed E-state index contributed by atoms with van der Waals surface area (Å²) in [6.45, 7) is 0. The van der Waals surface area contributed by atoms with Gasteiger partial charge in [-0.05, 0) is 11.1 Å². The summed E-state index contributed by atoms with van der Waals surface area (Å²) in [7, 11) is 0. The maximum Gasteiger partial charge on any atom is 0.238 e. The lowest BCUT2D eigenvalue weighted by atomic mass is 10.1. The van der Waals surface area contributed by atoms with Crippen molar-refractivity contribution < 1.29 is 9.59 Å². The van der Waals surface area contributed by atoms with Crippen LogP contribution < -0.4 is 0 Å². The Balaban J connectivity index is 0.000000221. The molecule has 0 atom stereocenters. The van der Waals surface area contributed by atoms with Crippen LogP contribution in [-0.4, -0.2) is 17.8 Å². The molecule has 0 aliphatic carbocycles. The molecule has 2 aromatic rings. The third-order valence-corrected chi connectivity index (χ3v) is 2.39. The lowest BCUT2D eigenvalue weighted by Gasteiger charge is -1.98. The van der Waals surface area contributed by atoms with E-state index in [1.165, 1.54) is 11.1 Å². The number of isocyanates is 2. The summed E-state index contributed by atoms with van der Waals surface area (Å²) in [5.41, 5.74) is 1.39. The van der Waals surface area contributed by atoms with E-state index < -0.39 is 5.62 Å². The predicted octanol–water partition coefficient (Wildman–Crippen LogP) is 3.53. The standard InChI is InChI=1S/C12H10.C3HClN2O2/c1-3-7-11(8-4-1)12-9-5-2-6-10-12;4-3(5-1-7)6-2-8/h1-10H;3H. The molecule has 100 valence electrons. The van der Waals surface area contributed by atoms with Gasteiger partial charge in [0, 0.05) is 0 Å².